The first-order valence-corrected chi connectivity index (χ1v) is 9.40. The van der Waals surface area contributed by atoms with E-state index in [2.05, 4.69) is 12.2 Å². The number of nitrogens with one attached hydrogen (secondary N) is 1. The summed E-state index contributed by atoms with van der Waals surface area (Å²) in [7, 11) is 0. The molecule has 2 aliphatic carbocycles. The molecule has 144 valence electrons. The van der Waals surface area contributed by atoms with Crippen molar-refractivity contribution in [2.24, 2.45) is 5.41 Å². The lowest BCUT2D eigenvalue weighted by atomic mass is 9.71. The van der Waals surface area contributed by atoms with Gasteiger partial charge in [0.05, 0.1) is 5.02 Å². The quantitative estimate of drug-likeness (QED) is 0.748. The number of carbonyl (C=O) groups excluding carboxylic acids is 2. The largest absolute Gasteiger partial charge is 0.482 e. The molecular formula is C19H19Cl2NO5. The molecule has 2 N–H and O–H groups in total. The topological polar surface area (TPSA) is 92.7 Å². The van der Waals surface area contributed by atoms with E-state index < -0.39 is 18.4 Å². The number of amides is 1. The van der Waals surface area contributed by atoms with Crippen molar-refractivity contribution >= 4 is 46.4 Å². The molecule has 0 saturated heterocycles. The summed E-state index contributed by atoms with van der Waals surface area (Å²) in [5, 5.41) is 11.3. The van der Waals surface area contributed by atoms with Crippen LogP contribution in [0, 0.1) is 5.41 Å². The number of carboxylic acids is 1. The number of hydrogen-bond donors (Lipinski definition) is 2. The van der Waals surface area contributed by atoms with Crippen molar-refractivity contribution in [3.05, 3.63) is 33.3 Å². The van der Waals surface area contributed by atoms with Gasteiger partial charge in [0.1, 0.15) is 17.3 Å². The van der Waals surface area contributed by atoms with Crippen molar-refractivity contribution in [3.8, 4) is 5.75 Å². The second kappa shape index (κ2) is 7.52. The fourth-order valence-electron chi connectivity index (χ4n) is 3.82. The molecule has 2 aliphatic rings. The average molecular weight is 412 g/mol. The van der Waals surface area contributed by atoms with E-state index in [0.29, 0.717) is 11.4 Å². The van der Waals surface area contributed by atoms with E-state index in [4.69, 9.17) is 33.0 Å². The maximum absolute atomic E-state index is 12.0. The zero-order valence-corrected chi connectivity index (χ0v) is 16.2. The summed E-state index contributed by atoms with van der Waals surface area (Å²) < 4.78 is 5.47. The van der Waals surface area contributed by atoms with Gasteiger partial charge in [0, 0.05) is 17.4 Å². The predicted molar refractivity (Wildman–Crippen MR) is 101 cm³/mol. The second-order valence-electron chi connectivity index (χ2n) is 6.83. The molecule has 0 aromatic heterocycles. The van der Waals surface area contributed by atoms with Crippen LogP contribution in [0.25, 0.3) is 5.57 Å². The number of fused-ring (bicyclic) bond motifs is 3. The highest BCUT2D eigenvalue weighted by molar-refractivity contribution is 6.44. The number of ether oxygens (including phenoxy) is 1. The molecule has 8 heteroatoms. The summed E-state index contributed by atoms with van der Waals surface area (Å²) in [5.41, 5.74) is 2.54. The summed E-state index contributed by atoms with van der Waals surface area (Å²) in [4.78, 5) is 34.1. The number of carbonyl (C=O) groups is 3. The lowest BCUT2D eigenvalue weighted by Gasteiger charge is -2.32. The number of carboxylic acid groups (broad SMARTS) is 1. The van der Waals surface area contributed by atoms with Gasteiger partial charge in [0.15, 0.2) is 12.4 Å². The van der Waals surface area contributed by atoms with Crippen molar-refractivity contribution < 1.29 is 24.2 Å². The third kappa shape index (κ3) is 3.69. The fraction of sp³-hybridized carbons (Fsp3) is 0.421. The Morgan fingerprint density at radius 2 is 2.07 bits per heavy atom. The molecule has 1 atom stereocenters. The normalized spacial score (nSPS) is 20.6. The maximum atomic E-state index is 12.0. The van der Waals surface area contributed by atoms with Gasteiger partial charge in [0.2, 0.25) is 0 Å². The summed E-state index contributed by atoms with van der Waals surface area (Å²) >= 11 is 12.9. The van der Waals surface area contributed by atoms with Crippen LogP contribution in [0.2, 0.25) is 10.0 Å². The zero-order chi connectivity index (χ0) is 19.8. The molecule has 0 bridgehead atoms. The molecule has 6 nitrogen and oxygen atoms in total. The number of benzene rings is 1. The highest BCUT2D eigenvalue weighted by Gasteiger charge is 2.44. The Balaban J connectivity index is 1.88. The molecule has 0 radical (unpaired) electrons. The van der Waals surface area contributed by atoms with Crippen LogP contribution in [0.4, 0.5) is 0 Å². The van der Waals surface area contributed by atoms with E-state index in [-0.39, 0.29) is 28.6 Å². The van der Waals surface area contributed by atoms with E-state index in [1.54, 1.807) is 12.1 Å². The van der Waals surface area contributed by atoms with Crippen molar-refractivity contribution in [2.75, 3.05) is 13.2 Å². The third-order valence-corrected chi connectivity index (χ3v) is 6.10. The highest BCUT2D eigenvalue weighted by atomic mass is 35.5. The highest BCUT2D eigenvalue weighted by Crippen LogP contribution is 2.57. The molecule has 0 saturated carbocycles. The number of ketones is 1. The Hall–Kier alpha value is -2.05. The van der Waals surface area contributed by atoms with Gasteiger partial charge in [-0.05, 0) is 42.5 Å². The molecule has 0 aliphatic heterocycles. The van der Waals surface area contributed by atoms with Gasteiger partial charge in [-0.15, -0.1) is 0 Å². The van der Waals surface area contributed by atoms with Crippen molar-refractivity contribution in [3.63, 3.8) is 0 Å². The average Bonchev–Trinajstić information content (AvgIpc) is 2.95. The monoisotopic (exact) mass is 411 g/mol. The molecule has 0 fully saturated rings. The summed E-state index contributed by atoms with van der Waals surface area (Å²) in [5.74, 6) is -1.36. The molecule has 1 unspecified atom stereocenters. The van der Waals surface area contributed by atoms with E-state index in [9.17, 15) is 14.4 Å². The Morgan fingerprint density at radius 1 is 1.33 bits per heavy atom. The first kappa shape index (κ1) is 19.7. The minimum atomic E-state index is -1.14. The van der Waals surface area contributed by atoms with E-state index >= 15 is 0 Å². The second-order valence-corrected chi connectivity index (χ2v) is 7.59. The van der Waals surface area contributed by atoms with Gasteiger partial charge < -0.3 is 15.2 Å². The number of aliphatic carboxylic acids is 1. The van der Waals surface area contributed by atoms with Crippen LogP contribution in [-0.2, 0) is 20.8 Å². The number of rotatable bonds is 6. The van der Waals surface area contributed by atoms with Crippen molar-refractivity contribution in [2.45, 2.75) is 32.6 Å². The third-order valence-electron chi connectivity index (χ3n) is 5.25. The maximum Gasteiger partial charge on any atom is 0.322 e. The molecule has 0 heterocycles. The summed E-state index contributed by atoms with van der Waals surface area (Å²) in [6.07, 6.45) is 4.58. The number of allylic oxidation sites excluding steroid dienone is 2. The minimum Gasteiger partial charge on any atom is -0.482 e. The van der Waals surface area contributed by atoms with Gasteiger partial charge in [-0.3, -0.25) is 14.4 Å². The Kier molecular flexibility index (Phi) is 5.49. The van der Waals surface area contributed by atoms with E-state index in [1.807, 2.05) is 0 Å². The van der Waals surface area contributed by atoms with E-state index in [0.717, 1.165) is 36.0 Å². The van der Waals surface area contributed by atoms with Crippen LogP contribution in [0.3, 0.4) is 0 Å². The van der Waals surface area contributed by atoms with Gasteiger partial charge in [0.25, 0.3) is 5.91 Å². The minimum absolute atomic E-state index is 0.0875. The standard InChI is InChI=1S/C19H19Cl2NO5/c1-2-19-4-3-11(23)6-12(19)16-10(7-19)5-13(17(20)18(16)21)27-9-14(24)22-8-15(25)26/h5-6H,2-4,7-9H2,1H3,(H,22,24)(H,25,26). The van der Waals surface area contributed by atoms with Crippen molar-refractivity contribution in [1.29, 1.82) is 0 Å². The van der Waals surface area contributed by atoms with Crippen LogP contribution >= 0.6 is 23.2 Å². The first-order chi connectivity index (χ1) is 12.8. The molecule has 0 spiro atoms. The smallest absolute Gasteiger partial charge is 0.322 e. The zero-order valence-electron chi connectivity index (χ0n) is 14.7. The molecule has 1 amide bonds. The molecule has 1 aromatic carbocycles. The summed E-state index contributed by atoms with van der Waals surface area (Å²) in [6, 6.07) is 1.76. The van der Waals surface area contributed by atoms with Crippen LogP contribution in [0.5, 0.6) is 5.75 Å². The van der Waals surface area contributed by atoms with Gasteiger partial charge in [-0.1, -0.05) is 30.1 Å². The predicted octanol–water partition coefficient (Wildman–Crippen LogP) is 3.27. The van der Waals surface area contributed by atoms with Crippen LogP contribution in [0.1, 0.15) is 37.3 Å². The first-order valence-electron chi connectivity index (χ1n) is 8.65. The Bertz CT molecular complexity index is 864. The van der Waals surface area contributed by atoms with Gasteiger partial charge in [-0.25, -0.2) is 0 Å². The van der Waals surface area contributed by atoms with Crippen LogP contribution < -0.4 is 10.1 Å². The van der Waals surface area contributed by atoms with Gasteiger partial charge >= 0.3 is 5.97 Å². The lowest BCUT2D eigenvalue weighted by molar-refractivity contribution is -0.138. The molecule has 3 rings (SSSR count). The molecule has 1 aromatic rings. The Labute approximate surface area is 166 Å². The van der Waals surface area contributed by atoms with Crippen molar-refractivity contribution in [1.82, 2.24) is 5.32 Å². The van der Waals surface area contributed by atoms with Crippen LogP contribution in [-0.4, -0.2) is 35.9 Å². The number of hydrogen-bond acceptors (Lipinski definition) is 4. The van der Waals surface area contributed by atoms with Crippen LogP contribution in [0.15, 0.2) is 12.1 Å². The SMILES string of the molecule is CCC12CCC(=O)C=C1c1c(cc(OCC(=O)NCC(=O)O)c(Cl)c1Cl)C2. The van der Waals surface area contributed by atoms with Gasteiger partial charge in [-0.2, -0.15) is 0 Å². The molecule has 27 heavy (non-hydrogen) atoms. The fourth-order valence-corrected chi connectivity index (χ4v) is 4.34. The summed E-state index contributed by atoms with van der Waals surface area (Å²) in [6.45, 7) is 1.24. The molecular weight excluding hydrogens is 393 g/mol. The van der Waals surface area contributed by atoms with E-state index in [1.165, 1.54) is 0 Å². The Morgan fingerprint density at radius 3 is 2.74 bits per heavy atom. The lowest BCUT2D eigenvalue weighted by Crippen LogP contribution is -2.33. The number of halogens is 2.